The highest BCUT2D eigenvalue weighted by molar-refractivity contribution is 5.98. The van der Waals surface area contributed by atoms with Gasteiger partial charge < -0.3 is 19.5 Å². The van der Waals surface area contributed by atoms with Gasteiger partial charge >= 0.3 is 11.7 Å². The van der Waals surface area contributed by atoms with E-state index >= 15 is 0 Å². The van der Waals surface area contributed by atoms with Gasteiger partial charge in [0, 0.05) is 20.2 Å². The second-order valence-corrected chi connectivity index (χ2v) is 5.43. The Morgan fingerprint density at radius 2 is 1.63 bits per heavy atom. The first kappa shape index (κ1) is 19.8. The quantitative estimate of drug-likeness (QED) is 0.698. The number of methoxy groups -OCH3 is 2. The predicted octanol–water partition coefficient (Wildman–Crippen LogP) is -0.103. The first-order valence-corrected chi connectivity index (χ1v) is 7.75. The maximum absolute atomic E-state index is 12.3. The van der Waals surface area contributed by atoms with Crippen LogP contribution in [0.1, 0.15) is 10.4 Å². The Kier molecular flexibility index (Phi) is 6.01. The Bertz CT molecular complexity index is 969. The molecule has 10 nitrogen and oxygen atoms in total. The second-order valence-electron chi connectivity index (χ2n) is 5.43. The summed E-state index contributed by atoms with van der Waals surface area (Å²) in [5, 5.41) is 2.35. The van der Waals surface area contributed by atoms with Crippen LogP contribution in [0.3, 0.4) is 0 Å². The largest absolute Gasteiger partial charge is 0.496 e. The molecule has 0 radical (unpaired) electrons. The predicted molar refractivity (Wildman–Crippen MR) is 95.4 cm³/mol. The molecule has 1 N–H and O–H groups in total. The van der Waals surface area contributed by atoms with Crippen LogP contribution < -0.4 is 26.0 Å². The molecule has 0 unspecified atom stereocenters. The number of anilines is 1. The van der Waals surface area contributed by atoms with Crippen molar-refractivity contribution in [1.82, 2.24) is 9.13 Å². The Labute approximate surface area is 153 Å². The summed E-state index contributed by atoms with van der Waals surface area (Å²) in [5.74, 6) is -1.10. The molecule has 1 aromatic carbocycles. The van der Waals surface area contributed by atoms with E-state index in [1.54, 1.807) is 18.2 Å². The van der Waals surface area contributed by atoms with Crippen LogP contribution >= 0.6 is 0 Å². The number of amides is 1. The van der Waals surface area contributed by atoms with Crippen molar-refractivity contribution in [2.75, 3.05) is 26.1 Å². The lowest BCUT2D eigenvalue weighted by Crippen LogP contribution is -2.38. The van der Waals surface area contributed by atoms with Crippen molar-refractivity contribution in [3.63, 3.8) is 0 Å². The van der Waals surface area contributed by atoms with E-state index in [9.17, 15) is 19.2 Å². The van der Waals surface area contributed by atoms with Gasteiger partial charge in [0.2, 0.25) is 0 Å². The number of rotatable bonds is 6. The van der Waals surface area contributed by atoms with Crippen LogP contribution in [0.25, 0.3) is 0 Å². The highest BCUT2D eigenvalue weighted by Gasteiger charge is 2.21. The number of hydrogen-bond donors (Lipinski definition) is 1. The molecule has 10 heteroatoms. The maximum Gasteiger partial charge on any atom is 0.346 e. The Morgan fingerprint density at radius 1 is 1.04 bits per heavy atom. The number of carbonyl (C=O) groups is 2. The average molecular weight is 377 g/mol. The van der Waals surface area contributed by atoms with Crippen molar-refractivity contribution < 1.29 is 23.8 Å². The summed E-state index contributed by atoms with van der Waals surface area (Å²) in [4.78, 5) is 47.9. The summed E-state index contributed by atoms with van der Waals surface area (Å²) in [6, 6.07) is 5.82. The standard InChI is InChI=1S/C17H19N3O7/c1-19-12(8-14(22)20(2)17(19)24)18-13(21)9-27-16(23)15-10(25-3)6-5-7-11(15)26-4/h5-8H,9H2,1-4H3,(H,18,21). The SMILES string of the molecule is COc1cccc(OC)c1C(=O)OCC(=O)Nc1cc(=O)n(C)c(=O)n1C. The van der Waals surface area contributed by atoms with Crippen LogP contribution in [-0.4, -0.2) is 41.8 Å². The summed E-state index contributed by atoms with van der Waals surface area (Å²) in [6.45, 7) is -0.635. The molecule has 0 aliphatic heterocycles. The number of nitrogens with one attached hydrogen (secondary N) is 1. The van der Waals surface area contributed by atoms with Gasteiger partial charge in [-0.15, -0.1) is 0 Å². The van der Waals surface area contributed by atoms with Crippen LogP contribution in [0.5, 0.6) is 11.5 Å². The molecular weight excluding hydrogens is 358 g/mol. The van der Waals surface area contributed by atoms with Gasteiger partial charge in [0.25, 0.3) is 11.5 Å². The fourth-order valence-electron chi connectivity index (χ4n) is 2.29. The molecule has 0 aliphatic carbocycles. The maximum atomic E-state index is 12.3. The molecular formula is C17H19N3O7. The van der Waals surface area contributed by atoms with Gasteiger partial charge in [0.05, 0.1) is 14.2 Å². The molecule has 144 valence electrons. The van der Waals surface area contributed by atoms with E-state index in [2.05, 4.69) is 5.32 Å². The third-order valence-electron chi connectivity index (χ3n) is 3.76. The van der Waals surface area contributed by atoms with Crippen molar-refractivity contribution in [3.05, 3.63) is 50.7 Å². The molecule has 2 rings (SSSR count). The average Bonchev–Trinajstić information content (AvgIpc) is 2.67. The van der Waals surface area contributed by atoms with Crippen molar-refractivity contribution in [2.45, 2.75) is 0 Å². The number of hydrogen-bond acceptors (Lipinski definition) is 7. The molecule has 0 aliphatic rings. The molecule has 1 amide bonds. The highest BCUT2D eigenvalue weighted by atomic mass is 16.5. The van der Waals surface area contributed by atoms with Gasteiger partial charge in [0.1, 0.15) is 22.9 Å². The molecule has 0 saturated heterocycles. The van der Waals surface area contributed by atoms with Gasteiger partial charge in [-0.25, -0.2) is 9.59 Å². The Balaban J connectivity index is 2.12. The summed E-state index contributed by atoms with van der Waals surface area (Å²) in [5.41, 5.74) is -1.14. The fourth-order valence-corrected chi connectivity index (χ4v) is 2.29. The number of esters is 1. The van der Waals surface area contributed by atoms with Crippen LogP contribution in [0, 0.1) is 0 Å². The lowest BCUT2D eigenvalue weighted by Gasteiger charge is -2.13. The van der Waals surface area contributed by atoms with Gasteiger partial charge in [-0.3, -0.25) is 18.7 Å². The molecule has 0 fully saturated rings. The van der Waals surface area contributed by atoms with Crippen LogP contribution in [0.15, 0.2) is 33.9 Å². The lowest BCUT2D eigenvalue weighted by atomic mass is 10.2. The zero-order valence-electron chi connectivity index (χ0n) is 15.3. The zero-order valence-corrected chi connectivity index (χ0v) is 15.3. The molecule has 0 saturated carbocycles. The Morgan fingerprint density at radius 3 is 2.19 bits per heavy atom. The number of benzene rings is 1. The van der Waals surface area contributed by atoms with Crippen molar-refractivity contribution in [1.29, 1.82) is 0 Å². The first-order valence-electron chi connectivity index (χ1n) is 7.75. The van der Waals surface area contributed by atoms with Gasteiger partial charge in [-0.05, 0) is 12.1 Å². The minimum Gasteiger partial charge on any atom is -0.496 e. The molecule has 27 heavy (non-hydrogen) atoms. The number of aromatic nitrogens is 2. The monoisotopic (exact) mass is 377 g/mol. The van der Waals surface area contributed by atoms with Crippen LogP contribution in [-0.2, 0) is 23.6 Å². The molecule has 0 bridgehead atoms. The van der Waals surface area contributed by atoms with E-state index in [0.717, 1.165) is 15.2 Å². The van der Waals surface area contributed by atoms with E-state index < -0.39 is 29.7 Å². The summed E-state index contributed by atoms with van der Waals surface area (Å²) in [7, 11) is 5.48. The molecule has 1 aromatic heterocycles. The zero-order chi connectivity index (χ0) is 20.1. The molecule has 0 atom stereocenters. The van der Waals surface area contributed by atoms with Crippen molar-refractivity contribution in [3.8, 4) is 11.5 Å². The minimum absolute atomic E-state index is 0.0148. The van der Waals surface area contributed by atoms with Gasteiger partial charge in [-0.2, -0.15) is 0 Å². The number of carbonyl (C=O) groups excluding carboxylic acids is 2. The van der Waals surface area contributed by atoms with E-state index in [1.165, 1.54) is 28.3 Å². The van der Waals surface area contributed by atoms with Crippen LogP contribution in [0.4, 0.5) is 5.82 Å². The normalized spacial score (nSPS) is 10.2. The van der Waals surface area contributed by atoms with E-state index in [4.69, 9.17) is 14.2 Å². The first-order chi connectivity index (χ1) is 12.8. The third-order valence-corrected chi connectivity index (χ3v) is 3.76. The number of ether oxygens (including phenoxy) is 3. The smallest absolute Gasteiger partial charge is 0.346 e. The summed E-state index contributed by atoms with van der Waals surface area (Å²) in [6.07, 6.45) is 0. The van der Waals surface area contributed by atoms with Gasteiger partial charge in [0.15, 0.2) is 6.61 Å². The van der Waals surface area contributed by atoms with Gasteiger partial charge in [-0.1, -0.05) is 6.07 Å². The molecule has 0 spiro atoms. The topological polar surface area (TPSA) is 118 Å². The lowest BCUT2D eigenvalue weighted by molar-refractivity contribution is -0.119. The Hall–Kier alpha value is -3.56. The van der Waals surface area contributed by atoms with E-state index in [-0.39, 0.29) is 22.9 Å². The fraction of sp³-hybridized carbons (Fsp3) is 0.294. The molecule has 2 aromatic rings. The number of nitrogens with zero attached hydrogens (tertiary/aromatic N) is 2. The highest BCUT2D eigenvalue weighted by Crippen LogP contribution is 2.28. The second kappa shape index (κ2) is 8.21. The summed E-state index contributed by atoms with van der Waals surface area (Å²) < 4.78 is 17.2. The van der Waals surface area contributed by atoms with E-state index in [1.807, 2.05) is 0 Å². The van der Waals surface area contributed by atoms with Crippen molar-refractivity contribution in [2.24, 2.45) is 14.1 Å². The minimum atomic E-state index is -0.822. The summed E-state index contributed by atoms with van der Waals surface area (Å²) >= 11 is 0. The molecule has 1 heterocycles. The van der Waals surface area contributed by atoms with Crippen molar-refractivity contribution >= 4 is 17.7 Å². The third kappa shape index (κ3) is 4.17. The van der Waals surface area contributed by atoms with E-state index in [0.29, 0.717) is 0 Å². The van der Waals surface area contributed by atoms with Crippen LogP contribution in [0.2, 0.25) is 0 Å².